The first-order valence-electron chi connectivity index (χ1n) is 6.92. The normalized spacial score (nSPS) is 21.3. The standard InChI is InChI=1S/C15H24N2O2/c1-15(19)6-8-17(9-7-15)11-14(18)13-4-2-12(10-16)3-5-13/h2-5,14,18-19H,6-11,16H2,1H3. The van der Waals surface area contributed by atoms with Crippen molar-refractivity contribution in [1.82, 2.24) is 4.90 Å². The van der Waals surface area contributed by atoms with E-state index in [-0.39, 0.29) is 0 Å². The van der Waals surface area contributed by atoms with Crippen molar-refractivity contribution in [1.29, 1.82) is 0 Å². The van der Waals surface area contributed by atoms with Gasteiger partial charge in [-0.2, -0.15) is 0 Å². The molecule has 2 rings (SSSR count). The predicted molar refractivity (Wildman–Crippen MR) is 75.6 cm³/mol. The molecule has 0 bridgehead atoms. The van der Waals surface area contributed by atoms with Gasteiger partial charge in [0.2, 0.25) is 0 Å². The molecule has 1 aromatic rings. The smallest absolute Gasteiger partial charge is 0.0916 e. The fraction of sp³-hybridized carbons (Fsp3) is 0.600. The molecule has 4 nitrogen and oxygen atoms in total. The zero-order valence-corrected chi connectivity index (χ0v) is 11.5. The third kappa shape index (κ3) is 4.01. The third-order valence-electron chi connectivity index (χ3n) is 3.96. The Morgan fingerprint density at radius 3 is 2.37 bits per heavy atom. The molecule has 106 valence electrons. The summed E-state index contributed by atoms with van der Waals surface area (Å²) in [6, 6.07) is 7.79. The third-order valence-corrected chi connectivity index (χ3v) is 3.96. The van der Waals surface area contributed by atoms with Crippen LogP contribution in [0.4, 0.5) is 0 Å². The van der Waals surface area contributed by atoms with Crippen molar-refractivity contribution in [3.63, 3.8) is 0 Å². The molecular weight excluding hydrogens is 240 g/mol. The molecule has 0 aliphatic carbocycles. The Morgan fingerprint density at radius 1 is 1.26 bits per heavy atom. The Morgan fingerprint density at radius 2 is 1.84 bits per heavy atom. The quantitative estimate of drug-likeness (QED) is 0.759. The summed E-state index contributed by atoms with van der Waals surface area (Å²) in [6.07, 6.45) is 1.06. The predicted octanol–water partition coefficient (Wildman–Crippen LogP) is 1.03. The molecule has 0 amide bonds. The van der Waals surface area contributed by atoms with Crippen molar-refractivity contribution >= 4 is 0 Å². The van der Waals surface area contributed by atoms with Crippen molar-refractivity contribution in [2.45, 2.75) is 38.0 Å². The van der Waals surface area contributed by atoms with Crippen molar-refractivity contribution in [3.8, 4) is 0 Å². The van der Waals surface area contributed by atoms with E-state index < -0.39 is 11.7 Å². The maximum atomic E-state index is 10.2. The minimum atomic E-state index is -0.537. The number of nitrogens with zero attached hydrogens (tertiary/aromatic N) is 1. The Balaban J connectivity index is 1.88. The van der Waals surface area contributed by atoms with E-state index in [0.29, 0.717) is 13.1 Å². The van der Waals surface area contributed by atoms with Crippen LogP contribution < -0.4 is 5.73 Å². The highest BCUT2D eigenvalue weighted by Gasteiger charge is 2.28. The number of hydrogen-bond donors (Lipinski definition) is 3. The van der Waals surface area contributed by atoms with Crippen LogP contribution in [0.25, 0.3) is 0 Å². The summed E-state index contributed by atoms with van der Waals surface area (Å²) in [7, 11) is 0. The van der Waals surface area contributed by atoms with E-state index in [0.717, 1.165) is 37.1 Å². The Hall–Kier alpha value is -0.940. The minimum Gasteiger partial charge on any atom is -0.390 e. The van der Waals surface area contributed by atoms with Crippen LogP contribution in [0.15, 0.2) is 24.3 Å². The summed E-state index contributed by atoms with van der Waals surface area (Å²) >= 11 is 0. The summed E-state index contributed by atoms with van der Waals surface area (Å²) in [4.78, 5) is 2.21. The van der Waals surface area contributed by atoms with Gasteiger partial charge in [-0.15, -0.1) is 0 Å². The van der Waals surface area contributed by atoms with E-state index in [9.17, 15) is 10.2 Å². The Kier molecular flexibility index (Phi) is 4.58. The summed E-state index contributed by atoms with van der Waals surface area (Å²) in [5, 5.41) is 20.1. The van der Waals surface area contributed by atoms with Gasteiger partial charge < -0.3 is 20.8 Å². The number of nitrogens with two attached hydrogens (primary N) is 1. The van der Waals surface area contributed by atoms with Crippen molar-refractivity contribution in [3.05, 3.63) is 35.4 Å². The maximum Gasteiger partial charge on any atom is 0.0916 e. The van der Waals surface area contributed by atoms with Gasteiger partial charge in [0.15, 0.2) is 0 Å². The lowest BCUT2D eigenvalue weighted by Gasteiger charge is -2.36. The van der Waals surface area contributed by atoms with Gasteiger partial charge in [-0.3, -0.25) is 0 Å². The maximum absolute atomic E-state index is 10.2. The Labute approximate surface area is 114 Å². The van der Waals surface area contributed by atoms with Gasteiger partial charge in [-0.05, 0) is 30.9 Å². The number of piperidine rings is 1. The average Bonchev–Trinajstić information content (AvgIpc) is 2.41. The van der Waals surface area contributed by atoms with Crippen LogP contribution >= 0.6 is 0 Å². The van der Waals surface area contributed by atoms with Crippen molar-refractivity contribution < 1.29 is 10.2 Å². The molecule has 1 fully saturated rings. The van der Waals surface area contributed by atoms with Gasteiger partial charge in [-0.1, -0.05) is 24.3 Å². The van der Waals surface area contributed by atoms with Gasteiger partial charge in [0.05, 0.1) is 11.7 Å². The molecule has 1 aliphatic rings. The summed E-state index contributed by atoms with van der Waals surface area (Å²) < 4.78 is 0. The molecule has 1 atom stereocenters. The van der Waals surface area contributed by atoms with Crippen LogP contribution in [0.5, 0.6) is 0 Å². The fourth-order valence-electron chi connectivity index (χ4n) is 2.44. The first-order chi connectivity index (χ1) is 9.00. The number of benzene rings is 1. The van der Waals surface area contributed by atoms with Crippen LogP contribution in [0.2, 0.25) is 0 Å². The fourth-order valence-corrected chi connectivity index (χ4v) is 2.44. The molecule has 0 saturated carbocycles. The lowest BCUT2D eigenvalue weighted by molar-refractivity contribution is -0.0161. The zero-order valence-electron chi connectivity index (χ0n) is 11.5. The van der Waals surface area contributed by atoms with Gasteiger partial charge in [0.25, 0.3) is 0 Å². The van der Waals surface area contributed by atoms with Crippen LogP contribution in [0.1, 0.15) is 37.0 Å². The first-order valence-corrected chi connectivity index (χ1v) is 6.92. The summed E-state index contributed by atoms with van der Waals surface area (Å²) in [6.45, 7) is 4.71. The zero-order chi connectivity index (χ0) is 13.9. The van der Waals surface area contributed by atoms with Crippen LogP contribution in [0.3, 0.4) is 0 Å². The molecule has 0 radical (unpaired) electrons. The summed E-state index contributed by atoms with van der Waals surface area (Å²) in [5.41, 5.74) is 7.02. The van der Waals surface area contributed by atoms with E-state index in [4.69, 9.17) is 5.73 Å². The van der Waals surface area contributed by atoms with Gasteiger partial charge in [0, 0.05) is 26.2 Å². The van der Waals surface area contributed by atoms with E-state index in [1.807, 2.05) is 31.2 Å². The number of rotatable bonds is 4. The van der Waals surface area contributed by atoms with E-state index in [2.05, 4.69) is 4.90 Å². The largest absolute Gasteiger partial charge is 0.390 e. The molecule has 1 saturated heterocycles. The average molecular weight is 264 g/mol. The van der Waals surface area contributed by atoms with E-state index in [1.165, 1.54) is 0 Å². The second-order valence-electron chi connectivity index (χ2n) is 5.76. The number of aliphatic hydroxyl groups excluding tert-OH is 1. The molecule has 0 spiro atoms. The molecular formula is C15H24N2O2. The molecule has 1 aromatic carbocycles. The molecule has 1 aliphatic heterocycles. The van der Waals surface area contributed by atoms with E-state index >= 15 is 0 Å². The molecule has 4 heteroatoms. The number of β-amino-alcohol motifs (C(OH)–C–C–N with tert-alkyl or cyclic N) is 1. The highest BCUT2D eigenvalue weighted by molar-refractivity contribution is 5.24. The monoisotopic (exact) mass is 264 g/mol. The topological polar surface area (TPSA) is 69.7 Å². The molecule has 19 heavy (non-hydrogen) atoms. The molecule has 0 aromatic heterocycles. The number of hydrogen-bond acceptors (Lipinski definition) is 4. The highest BCUT2D eigenvalue weighted by Crippen LogP contribution is 2.23. The lowest BCUT2D eigenvalue weighted by Crippen LogP contribution is -2.43. The van der Waals surface area contributed by atoms with Gasteiger partial charge in [0.1, 0.15) is 0 Å². The second kappa shape index (κ2) is 6.01. The molecule has 1 unspecified atom stereocenters. The second-order valence-corrected chi connectivity index (χ2v) is 5.76. The van der Waals surface area contributed by atoms with Crippen LogP contribution in [-0.2, 0) is 6.54 Å². The van der Waals surface area contributed by atoms with Crippen molar-refractivity contribution in [2.75, 3.05) is 19.6 Å². The minimum absolute atomic E-state index is 0.477. The van der Waals surface area contributed by atoms with Crippen LogP contribution in [-0.4, -0.2) is 40.3 Å². The van der Waals surface area contributed by atoms with Gasteiger partial charge in [-0.25, -0.2) is 0 Å². The highest BCUT2D eigenvalue weighted by atomic mass is 16.3. The van der Waals surface area contributed by atoms with E-state index in [1.54, 1.807) is 0 Å². The van der Waals surface area contributed by atoms with Crippen LogP contribution in [0, 0.1) is 0 Å². The first kappa shape index (κ1) is 14.5. The Bertz CT molecular complexity index is 393. The SMILES string of the molecule is CC1(O)CCN(CC(O)c2ccc(CN)cc2)CC1. The molecule has 4 N–H and O–H groups in total. The van der Waals surface area contributed by atoms with Crippen molar-refractivity contribution in [2.24, 2.45) is 5.73 Å². The van der Waals surface area contributed by atoms with Gasteiger partial charge >= 0.3 is 0 Å². The number of aliphatic hydroxyl groups is 2. The lowest BCUT2D eigenvalue weighted by atomic mass is 9.93. The molecule has 1 heterocycles. The summed E-state index contributed by atoms with van der Waals surface area (Å²) in [5.74, 6) is 0. The number of likely N-dealkylation sites (tertiary alicyclic amines) is 1.